The maximum Gasteiger partial charge on any atom is 0.339 e. The molecule has 0 bridgehead atoms. The highest BCUT2D eigenvalue weighted by Crippen LogP contribution is 2.21. The number of methoxy groups -OCH3 is 1. The van der Waals surface area contributed by atoms with Gasteiger partial charge in [0.15, 0.2) is 0 Å². The minimum atomic E-state index is -0.427. The van der Waals surface area contributed by atoms with Crippen LogP contribution in [0.5, 0.6) is 0 Å². The zero-order valence-corrected chi connectivity index (χ0v) is 16.3. The number of nitrogens with zero attached hydrogens (tertiary/aromatic N) is 3. The largest absolute Gasteiger partial charge is 0.465 e. The van der Waals surface area contributed by atoms with E-state index in [-0.39, 0.29) is 5.91 Å². The highest BCUT2D eigenvalue weighted by Gasteiger charge is 2.14. The molecule has 0 atom stereocenters. The number of anilines is 2. The lowest BCUT2D eigenvalue weighted by Gasteiger charge is -2.17. The Morgan fingerprint density at radius 1 is 1.07 bits per heavy atom. The third kappa shape index (κ3) is 5.16. The number of benzene rings is 1. The van der Waals surface area contributed by atoms with Gasteiger partial charge in [0.05, 0.1) is 30.2 Å². The third-order valence-corrected chi connectivity index (χ3v) is 4.43. The molecule has 3 rings (SSSR count). The average Bonchev–Trinajstić information content (AvgIpc) is 2.78. The Morgan fingerprint density at radius 2 is 1.83 bits per heavy atom. The van der Waals surface area contributed by atoms with Crippen LogP contribution < -0.4 is 5.32 Å². The fourth-order valence-corrected chi connectivity index (χ4v) is 2.77. The summed E-state index contributed by atoms with van der Waals surface area (Å²) in [6.07, 6.45) is 5.79. The molecular weight excluding hydrogens is 368 g/mol. The zero-order chi connectivity index (χ0) is 20.6. The molecule has 148 valence electrons. The van der Waals surface area contributed by atoms with Crippen LogP contribution in [0.2, 0.25) is 0 Å². The molecular formula is C22H22N4O3. The topological polar surface area (TPSA) is 84.4 Å². The van der Waals surface area contributed by atoms with Crippen LogP contribution in [0.25, 0.3) is 0 Å². The van der Waals surface area contributed by atoms with Gasteiger partial charge in [0, 0.05) is 26.0 Å². The Hall–Kier alpha value is -3.74. The summed E-state index contributed by atoms with van der Waals surface area (Å²) < 4.78 is 4.80. The van der Waals surface area contributed by atoms with E-state index < -0.39 is 5.97 Å². The lowest BCUT2D eigenvalue weighted by Crippen LogP contribution is -2.29. The van der Waals surface area contributed by atoms with Crippen molar-refractivity contribution in [3.63, 3.8) is 0 Å². The number of esters is 1. The van der Waals surface area contributed by atoms with Gasteiger partial charge in [-0.15, -0.1) is 0 Å². The summed E-state index contributed by atoms with van der Waals surface area (Å²) >= 11 is 0. The Labute approximate surface area is 169 Å². The monoisotopic (exact) mass is 390 g/mol. The smallest absolute Gasteiger partial charge is 0.339 e. The standard InChI is InChI=1S/C22H22N4O3/c1-26(14-11-16-9-12-23-13-10-16)21(27)20-8-7-17(15-24-20)25-19-6-4-3-5-18(19)22(28)29-2/h3-10,12-13,15,25H,11,14H2,1-2H3. The first-order valence-electron chi connectivity index (χ1n) is 9.13. The van der Waals surface area contributed by atoms with Crippen molar-refractivity contribution in [2.75, 3.05) is 26.0 Å². The molecule has 0 unspecified atom stereocenters. The SMILES string of the molecule is COC(=O)c1ccccc1Nc1ccc(C(=O)N(C)CCc2ccncc2)nc1. The molecule has 2 heterocycles. The molecule has 1 amide bonds. The van der Waals surface area contributed by atoms with Crippen LogP contribution in [0, 0.1) is 0 Å². The number of carbonyl (C=O) groups is 2. The molecule has 0 radical (unpaired) electrons. The third-order valence-electron chi connectivity index (χ3n) is 4.43. The molecule has 0 saturated carbocycles. The van der Waals surface area contributed by atoms with Gasteiger partial charge in [0.1, 0.15) is 5.69 Å². The molecule has 0 aliphatic heterocycles. The summed E-state index contributed by atoms with van der Waals surface area (Å²) in [5.74, 6) is -0.579. The number of hydrogen-bond acceptors (Lipinski definition) is 6. The summed E-state index contributed by atoms with van der Waals surface area (Å²) in [6, 6.07) is 14.3. The van der Waals surface area contributed by atoms with Gasteiger partial charge >= 0.3 is 5.97 Å². The molecule has 0 saturated heterocycles. The van der Waals surface area contributed by atoms with Crippen LogP contribution >= 0.6 is 0 Å². The number of amides is 1. The van der Waals surface area contributed by atoms with Gasteiger partial charge in [-0.05, 0) is 48.4 Å². The number of pyridine rings is 2. The summed E-state index contributed by atoms with van der Waals surface area (Å²) in [7, 11) is 3.09. The van der Waals surface area contributed by atoms with Crippen LogP contribution in [0.3, 0.4) is 0 Å². The molecule has 0 fully saturated rings. The zero-order valence-electron chi connectivity index (χ0n) is 16.3. The minimum Gasteiger partial charge on any atom is -0.465 e. The maximum absolute atomic E-state index is 12.6. The normalized spacial score (nSPS) is 10.3. The maximum atomic E-state index is 12.6. The van der Waals surface area contributed by atoms with E-state index in [1.165, 1.54) is 7.11 Å². The van der Waals surface area contributed by atoms with Crippen LogP contribution in [-0.2, 0) is 11.2 Å². The highest BCUT2D eigenvalue weighted by atomic mass is 16.5. The van der Waals surface area contributed by atoms with Crippen LogP contribution in [0.4, 0.5) is 11.4 Å². The number of hydrogen-bond donors (Lipinski definition) is 1. The Bertz CT molecular complexity index is 975. The highest BCUT2D eigenvalue weighted by molar-refractivity contribution is 5.96. The van der Waals surface area contributed by atoms with E-state index in [2.05, 4.69) is 15.3 Å². The second kappa shape index (κ2) is 9.45. The quantitative estimate of drug-likeness (QED) is 0.623. The van der Waals surface area contributed by atoms with Crippen LogP contribution in [0.1, 0.15) is 26.4 Å². The van der Waals surface area contributed by atoms with Gasteiger partial charge < -0.3 is 15.0 Å². The van der Waals surface area contributed by atoms with Crippen molar-refractivity contribution < 1.29 is 14.3 Å². The van der Waals surface area contributed by atoms with E-state index in [9.17, 15) is 9.59 Å². The van der Waals surface area contributed by atoms with Gasteiger partial charge in [-0.25, -0.2) is 9.78 Å². The first-order valence-corrected chi connectivity index (χ1v) is 9.13. The van der Waals surface area contributed by atoms with Crippen LogP contribution in [-0.4, -0.2) is 47.4 Å². The average molecular weight is 390 g/mol. The lowest BCUT2D eigenvalue weighted by atomic mass is 10.1. The number of para-hydroxylation sites is 1. The first-order chi connectivity index (χ1) is 14.1. The molecule has 7 heteroatoms. The molecule has 2 aromatic heterocycles. The Balaban J connectivity index is 1.64. The van der Waals surface area contributed by atoms with E-state index in [0.29, 0.717) is 29.2 Å². The first kappa shape index (κ1) is 20.0. The molecule has 1 N–H and O–H groups in total. The molecule has 3 aromatic rings. The number of rotatable bonds is 7. The fraction of sp³-hybridized carbons (Fsp3) is 0.182. The second-order valence-electron chi connectivity index (χ2n) is 6.43. The van der Waals surface area contributed by atoms with Gasteiger partial charge in [-0.2, -0.15) is 0 Å². The second-order valence-corrected chi connectivity index (χ2v) is 6.43. The number of carbonyl (C=O) groups excluding carboxylic acids is 2. The molecule has 0 aliphatic rings. The summed E-state index contributed by atoms with van der Waals surface area (Å²) in [5, 5.41) is 3.14. The fourth-order valence-electron chi connectivity index (χ4n) is 2.77. The summed E-state index contributed by atoms with van der Waals surface area (Å²) in [4.78, 5) is 34.4. The predicted molar refractivity (Wildman–Crippen MR) is 110 cm³/mol. The summed E-state index contributed by atoms with van der Waals surface area (Å²) in [6.45, 7) is 0.580. The van der Waals surface area contributed by atoms with Crippen molar-refractivity contribution in [1.29, 1.82) is 0 Å². The lowest BCUT2D eigenvalue weighted by molar-refractivity contribution is 0.0601. The minimum absolute atomic E-state index is 0.152. The molecule has 29 heavy (non-hydrogen) atoms. The molecule has 0 aliphatic carbocycles. The van der Waals surface area contributed by atoms with E-state index in [0.717, 1.165) is 12.0 Å². The van der Waals surface area contributed by atoms with Crippen molar-refractivity contribution in [3.05, 3.63) is 83.9 Å². The van der Waals surface area contributed by atoms with Crippen LogP contribution in [0.15, 0.2) is 67.1 Å². The van der Waals surface area contributed by atoms with Crippen molar-refractivity contribution in [1.82, 2.24) is 14.9 Å². The van der Waals surface area contributed by atoms with E-state index in [1.54, 1.807) is 60.9 Å². The van der Waals surface area contributed by atoms with E-state index in [1.807, 2.05) is 18.2 Å². The van der Waals surface area contributed by atoms with E-state index >= 15 is 0 Å². The van der Waals surface area contributed by atoms with Gasteiger partial charge in [-0.3, -0.25) is 9.78 Å². The van der Waals surface area contributed by atoms with Crippen molar-refractivity contribution in [2.24, 2.45) is 0 Å². The Morgan fingerprint density at radius 3 is 2.52 bits per heavy atom. The van der Waals surface area contributed by atoms with Gasteiger partial charge in [0.25, 0.3) is 5.91 Å². The Kier molecular flexibility index (Phi) is 6.52. The molecule has 0 spiro atoms. The number of likely N-dealkylation sites (N-methyl/N-ethyl adjacent to an activating group) is 1. The summed E-state index contributed by atoms with van der Waals surface area (Å²) in [5.41, 5.74) is 3.17. The van der Waals surface area contributed by atoms with Crippen molar-refractivity contribution in [3.8, 4) is 0 Å². The van der Waals surface area contributed by atoms with E-state index in [4.69, 9.17) is 4.74 Å². The number of ether oxygens (including phenoxy) is 1. The van der Waals surface area contributed by atoms with Gasteiger partial charge in [-0.1, -0.05) is 12.1 Å². The molecule has 7 nitrogen and oxygen atoms in total. The van der Waals surface area contributed by atoms with Crippen molar-refractivity contribution >= 4 is 23.3 Å². The number of aromatic nitrogens is 2. The molecule has 1 aromatic carbocycles. The van der Waals surface area contributed by atoms with Crippen molar-refractivity contribution in [2.45, 2.75) is 6.42 Å². The number of nitrogens with one attached hydrogen (secondary N) is 1. The predicted octanol–water partition coefficient (Wildman–Crippen LogP) is 3.32. The van der Waals surface area contributed by atoms with Gasteiger partial charge in [0.2, 0.25) is 0 Å².